The van der Waals surface area contributed by atoms with Crippen molar-refractivity contribution in [2.75, 3.05) is 0 Å². The first-order valence-corrected chi connectivity index (χ1v) is 10.6. The number of aromatic nitrogens is 4. The van der Waals surface area contributed by atoms with E-state index in [4.69, 9.17) is 4.98 Å². The highest BCUT2D eigenvalue weighted by Gasteiger charge is 2.31. The molecule has 0 aliphatic heterocycles. The van der Waals surface area contributed by atoms with E-state index in [0.717, 1.165) is 27.4 Å². The van der Waals surface area contributed by atoms with Gasteiger partial charge in [-0.3, -0.25) is 0 Å². The third-order valence-corrected chi connectivity index (χ3v) is 6.27. The minimum Gasteiger partial charge on any atom is -0.303 e. The van der Waals surface area contributed by atoms with Gasteiger partial charge in [0.2, 0.25) is 0 Å². The highest BCUT2D eigenvalue weighted by atomic mass is 32.2. The second-order valence-corrected chi connectivity index (χ2v) is 8.68. The van der Waals surface area contributed by atoms with Crippen molar-refractivity contribution in [3.63, 3.8) is 0 Å². The predicted octanol–water partition coefficient (Wildman–Crippen LogP) is 5.46. The Morgan fingerprint density at radius 2 is 1.96 bits per heavy atom. The van der Waals surface area contributed by atoms with Gasteiger partial charge in [-0.25, -0.2) is 4.98 Å². The molecule has 0 spiro atoms. The Morgan fingerprint density at radius 3 is 2.64 bits per heavy atom. The van der Waals surface area contributed by atoms with E-state index < -0.39 is 0 Å². The van der Waals surface area contributed by atoms with Crippen LogP contribution in [0.2, 0.25) is 0 Å². The molecule has 0 saturated heterocycles. The van der Waals surface area contributed by atoms with Gasteiger partial charge in [-0.05, 0) is 33.6 Å². The molecule has 0 bridgehead atoms. The van der Waals surface area contributed by atoms with Gasteiger partial charge >= 0.3 is 0 Å². The molecule has 2 aromatic heterocycles. The fourth-order valence-electron chi connectivity index (χ4n) is 2.83. The SMILES string of the molecule is Cc1ccc(-c2nc(CSc3nnc(C4CC4)n3C(C)C)cs2)cc1. The number of thioether (sulfide) groups is 1. The standard InChI is InChI=1S/C19H22N4S2/c1-12(2)23-17(14-8-9-14)21-22-19(23)25-11-16-10-24-18(20-16)15-6-4-13(3)5-7-15/h4-7,10,12,14H,8-9,11H2,1-3H3. The zero-order valence-corrected chi connectivity index (χ0v) is 16.4. The van der Waals surface area contributed by atoms with Crippen molar-refractivity contribution >= 4 is 23.1 Å². The Hall–Kier alpha value is -1.66. The van der Waals surface area contributed by atoms with Crippen LogP contribution in [0.3, 0.4) is 0 Å². The maximum Gasteiger partial charge on any atom is 0.191 e. The summed E-state index contributed by atoms with van der Waals surface area (Å²) in [4.78, 5) is 4.79. The molecule has 130 valence electrons. The molecule has 2 heterocycles. The maximum absolute atomic E-state index is 4.79. The van der Waals surface area contributed by atoms with Crippen molar-refractivity contribution in [2.45, 2.75) is 56.5 Å². The zero-order chi connectivity index (χ0) is 17.4. The number of thiazole rings is 1. The second-order valence-electron chi connectivity index (χ2n) is 6.88. The summed E-state index contributed by atoms with van der Waals surface area (Å²) in [7, 11) is 0. The average molecular weight is 371 g/mol. The van der Waals surface area contributed by atoms with E-state index in [-0.39, 0.29) is 0 Å². The van der Waals surface area contributed by atoms with E-state index in [1.54, 1.807) is 23.1 Å². The summed E-state index contributed by atoms with van der Waals surface area (Å²) in [5.74, 6) is 2.62. The van der Waals surface area contributed by atoms with Gasteiger partial charge in [0.15, 0.2) is 5.16 Å². The Morgan fingerprint density at radius 1 is 1.20 bits per heavy atom. The third-order valence-electron chi connectivity index (χ3n) is 4.35. The van der Waals surface area contributed by atoms with Gasteiger partial charge in [0.1, 0.15) is 10.8 Å². The molecule has 1 aromatic carbocycles. The number of rotatable bonds is 6. The summed E-state index contributed by atoms with van der Waals surface area (Å²) in [5.41, 5.74) is 3.57. The van der Waals surface area contributed by atoms with Crippen LogP contribution in [0.15, 0.2) is 34.8 Å². The Balaban J connectivity index is 1.48. The smallest absolute Gasteiger partial charge is 0.191 e. The number of nitrogens with zero attached hydrogens (tertiary/aromatic N) is 4. The van der Waals surface area contributed by atoms with Crippen molar-refractivity contribution in [2.24, 2.45) is 0 Å². The van der Waals surface area contributed by atoms with Crippen LogP contribution in [-0.2, 0) is 5.75 Å². The summed E-state index contributed by atoms with van der Waals surface area (Å²) in [6.45, 7) is 6.52. The van der Waals surface area contributed by atoms with Crippen LogP contribution in [0.5, 0.6) is 0 Å². The van der Waals surface area contributed by atoms with Crippen molar-refractivity contribution in [3.05, 3.63) is 46.7 Å². The number of benzene rings is 1. The van der Waals surface area contributed by atoms with Crippen LogP contribution in [0.4, 0.5) is 0 Å². The lowest BCUT2D eigenvalue weighted by atomic mass is 10.2. The summed E-state index contributed by atoms with van der Waals surface area (Å²) >= 11 is 3.45. The highest BCUT2D eigenvalue weighted by molar-refractivity contribution is 7.98. The Kier molecular flexibility index (Phi) is 4.65. The second kappa shape index (κ2) is 6.92. The molecule has 25 heavy (non-hydrogen) atoms. The normalized spacial score (nSPS) is 14.4. The van der Waals surface area contributed by atoms with E-state index in [2.05, 4.69) is 65.2 Å². The van der Waals surface area contributed by atoms with Crippen molar-refractivity contribution in [1.29, 1.82) is 0 Å². The van der Waals surface area contributed by atoms with E-state index in [1.807, 2.05) is 0 Å². The summed E-state index contributed by atoms with van der Waals surface area (Å²) in [6.07, 6.45) is 2.50. The molecular formula is C19H22N4S2. The number of hydrogen-bond acceptors (Lipinski definition) is 5. The van der Waals surface area contributed by atoms with E-state index in [9.17, 15) is 0 Å². The molecule has 4 rings (SSSR count). The molecule has 1 saturated carbocycles. The maximum atomic E-state index is 4.79. The highest BCUT2D eigenvalue weighted by Crippen LogP contribution is 2.41. The molecule has 6 heteroatoms. The van der Waals surface area contributed by atoms with E-state index in [1.165, 1.54) is 24.0 Å². The molecule has 0 atom stereocenters. The first kappa shape index (κ1) is 16.8. The van der Waals surface area contributed by atoms with Gasteiger partial charge in [-0.2, -0.15) is 0 Å². The van der Waals surface area contributed by atoms with Crippen LogP contribution in [0.25, 0.3) is 10.6 Å². The Bertz CT molecular complexity index is 860. The molecular weight excluding hydrogens is 348 g/mol. The summed E-state index contributed by atoms with van der Waals surface area (Å²) in [5, 5.41) is 13.1. The largest absolute Gasteiger partial charge is 0.303 e. The van der Waals surface area contributed by atoms with E-state index in [0.29, 0.717) is 12.0 Å². The van der Waals surface area contributed by atoms with Gasteiger partial charge in [0, 0.05) is 28.7 Å². The fraction of sp³-hybridized carbons (Fsp3) is 0.421. The predicted molar refractivity (Wildman–Crippen MR) is 104 cm³/mol. The Labute approximate surface area is 156 Å². The van der Waals surface area contributed by atoms with Gasteiger partial charge in [0.05, 0.1) is 5.69 Å². The van der Waals surface area contributed by atoms with Gasteiger partial charge in [-0.1, -0.05) is 41.6 Å². The first-order chi connectivity index (χ1) is 12.1. The van der Waals surface area contributed by atoms with Crippen LogP contribution in [0, 0.1) is 6.92 Å². The quantitative estimate of drug-likeness (QED) is 0.540. The lowest BCUT2D eigenvalue weighted by molar-refractivity contribution is 0.526. The third kappa shape index (κ3) is 3.65. The molecule has 1 aliphatic carbocycles. The molecule has 0 N–H and O–H groups in total. The van der Waals surface area contributed by atoms with Crippen LogP contribution in [-0.4, -0.2) is 19.7 Å². The van der Waals surface area contributed by atoms with E-state index >= 15 is 0 Å². The van der Waals surface area contributed by atoms with Crippen LogP contribution in [0.1, 0.15) is 55.7 Å². The molecule has 3 aromatic rings. The summed E-state index contributed by atoms with van der Waals surface area (Å²) in [6, 6.07) is 8.95. The minimum absolute atomic E-state index is 0.395. The fourth-order valence-corrected chi connectivity index (χ4v) is 4.73. The van der Waals surface area contributed by atoms with Crippen molar-refractivity contribution in [1.82, 2.24) is 19.7 Å². The molecule has 1 fully saturated rings. The van der Waals surface area contributed by atoms with Gasteiger partial charge < -0.3 is 4.57 Å². The van der Waals surface area contributed by atoms with Gasteiger partial charge in [0.25, 0.3) is 0 Å². The molecule has 0 unspecified atom stereocenters. The summed E-state index contributed by atoms with van der Waals surface area (Å²) < 4.78 is 2.30. The molecule has 0 amide bonds. The van der Waals surface area contributed by atoms with Crippen molar-refractivity contribution < 1.29 is 0 Å². The van der Waals surface area contributed by atoms with Crippen LogP contribution >= 0.6 is 23.1 Å². The minimum atomic E-state index is 0.395. The molecule has 4 nitrogen and oxygen atoms in total. The molecule has 1 aliphatic rings. The lowest BCUT2D eigenvalue weighted by Crippen LogP contribution is -2.07. The van der Waals surface area contributed by atoms with Crippen LogP contribution < -0.4 is 0 Å². The lowest BCUT2D eigenvalue weighted by Gasteiger charge is -2.12. The first-order valence-electron chi connectivity index (χ1n) is 8.71. The molecule has 0 radical (unpaired) electrons. The average Bonchev–Trinajstić information content (AvgIpc) is 3.18. The number of hydrogen-bond donors (Lipinski definition) is 0. The monoisotopic (exact) mass is 370 g/mol. The van der Waals surface area contributed by atoms with Gasteiger partial charge in [-0.15, -0.1) is 21.5 Å². The number of aryl methyl sites for hydroxylation is 1. The van der Waals surface area contributed by atoms with Crippen molar-refractivity contribution in [3.8, 4) is 10.6 Å². The topological polar surface area (TPSA) is 43.6 Å². The zero-order valence-electron chi connectivity index (χ0n) is 14.8.